The molecule has 1 aromatic heterocycles. The first-order valence-electron chi connectivity index (χ1n) is 11.7. The van der Waals surface area contributed by atoms with Gasteiger partial charge in [-0.05, 0) is 63.2 Å². The number of carboxylic acids is 2. The second-order valence-corrected chi connectivity index (χ2v) is 9.47. The van der Waals surface area contributed by atoms with Crippen molar-refractivity contribution in [2.24, 2.45) is 5.92 Å². The van der Waals surface area contributed by atoms with Gasteiger partial charge in [-0.1, -0.05) is 15.9 Å². The third-order valence-corrected chi connectivity index (χ3v) is 6.28. The second kappa shape index (κ2) is 13.7. The van der Waals surface area contributed by atoms with Gasteiger partial charge in [-0.3, -0.25) is 0 Å². The average Bonchev–Trinajstić information content (AvgIpc) is 2.88. The number of likely N-dealkylation sites (tertiary alicyclic amines) is 1. The van der Waals surface area contributed by atoms with Crippen molar-refractivity contribution in [1.29, 1.82) is 0 Å². The maximum atomic E-state index is 14.3. The van der Waals surface area contributed by atoms with Crippen molar-refractivity contribution in [3.05, 3.63) is 59.1 Å². The molecule has 202 valence electrons. The average molecular weight is 591 g/mol. The number of aliphatic carboxylic acids is 2. The van der Waals surface area contributed by atoms with Gasteiger partial charge in [-0.15, -0.1) is 0 Å². The first-order chi connectivity index (χ1) is 18.2. The Bertz CT molecular complexity index is 1300. The lowest BCUT2D eigenvalue weighted by atomic mass is 9.98. The van der Waals surface area contributed by atoms with Gasteiger partial charge in [0, 0.05) is 28.1 Å². The zero-order chi connectivity index (χ0) is 27.7. The normalized spacial score (nSPS) is 14.1. The topological polar surface area (TPSA) is 134 Å². The van der Waals surface area contributed by atoms with Gasteiger partial charge in [0.2, 0.25) is 0 Å². The third-order valence-electron chi connectivity index (χ3n) is 5.79. The Hall–Kier alpha value is -3.77. The highest BCUT2D eigenvalue weighted by Crippen LogP contribution is 2.35. The molecule has 10 nitrogen and oxygen atoms in total. The third kappa shape index (κ3) is 8.38. The number of carboxylic acid groups (broad SMARTS) is 2. The van der Waals surface area contributed by atoms with E-state index in [4.69, 9.17) is 19.7 Å². The molecule has 1 fully saturated rings. The largest absolute Gasteiger partial charge is 0.493 e. The van der Waals surface area contributed by atoms with Crippen LogP contribution in [0.25, 0.3) is 10.9 Å². The molecule has 12 heteroatoms. The zero-order valence-corrected chi connectivity index (χ0v) is 22.4. The molecule has 0 aliphatic carbocycles. The van der Waals surface area contributed by atoms with Gasteiger partial charge in [0.05, 0.1) is 24.9 Å². The van der Waals surface area contributed by atoms with E-state index >= 15 is 0 Å². The summed E-state index contributed by atoms with van der Waals surface area (Å²) in [6.45, 7) is 2.84. The zero-order valence-electron chi connectivity index (χ0n) is 20.9. The van der Waals surface area contributed by atoms with Crippen LogP contribution in [0.15, 0.2) is 53.3 Å². The van der Waals surface area contributed by atoms with Crippen LogP contribution < -0.4 is 14.8 Å². The van der Waals surface area contributed by atoms with Crippen LogP contribution >= 0.6 is 15.9 Å². The van der Waals surface area contributed by atoms with Crippen LogP contribution in [0, 0.1) is 11.7 Å². The van der Waals surface area contributed by atoms with Crippen molar-refractivity contribution in [2.75, 3.05) is 39.2 Å². The highest BCUT2D eigenvalue weighted by Gasteiger charge is 2.19. The lowest BCUT2D eigenvalue weighted by Gasteiger charge is -2.28. The Morgan fingerprint density at radius 2 is 1.82 bits per heavy atom. The first-order valence-corrected chi connectivity index (χ1v) is 12.5. The van der Waals surface area contributed by atoms with Gasteiger partial charge in [0.1, 0.15) is 18.0 Å². The van der Waals surface area contributed by atoms with Crippen LogP contribution in [-0.4, -0.2) is 70.9 Å². The maximum Gasteiger partial charge on any atom is 0.328 e. The fourth-order valence-corrected chi connectivity index (χ4v) is 4.07. The molecule has 38 heavy (non-hydrogen) atoms. The van der Waals surface area contributed by atoms with E-state index in [0.29, 0.717) is 57.7 Å². The summed E-state index contributed by atoms with van der Waals surface area (Å²) in [5, 5.41) is 19.4. The van der Waals surface area contributed by atoms with Gasteiger partial charge in [-0.25, -0.2) is 23.9 Å². The summed E-state index contributed by atoms with van der Waals surface area (Å²) < 4.78 is 26.6. The summed E-state index contributed by atoms with van der Waals surface area (Å²) in [7, 11) is 3.75. The molecule has 1 aliphatic rings. The molecule has 0 bridgehead atoms. The predicted molar refractivity (Wildman–Crippen MR) is 144 cm³/mol. The highest BCUT2D eigenvalue weighted by atomic mass is 79.9. The van der Waals surface area contributed by atoms with Crippen LogP contribution in [-0.2, 0) is 9.59 Å². The van der Waals surface area contributed by atoms with E-state index in [0.717, 1.165) is 31.3 Å². The van der Waals surface area contributed by atoms with E-state index in [9.17, 15) is 14.0 Å². The van der Waals surface area contributed by atoms with Crippen LogP contribution in [0.4, 0.5) is 15.9 Å². The van der Waals surface area contributed by atoms with Crippen molar-refractivity contribution in [1.82, 2.24) is 14.9 Å². The van der Waals surface area contributed by atoms with E-state index in [1.807, 2.05) is 12.1 Å². The minimum absolute atomic E-state index is 0.333. The van der Waals surface area contributed by atoms with Crippen molar-refractivity contribution in [3.63, 3.8) is 0 Å². The van der Waals surface area contributed by atoms with Crippen LogP contribution in [0.3, 0.4) is 0 Å². The molecule has 0 amide bonds. The minimum Gasteiger partial charge on any atom is -0.493 e. The van der Waals surface area contributed by atoms with Gasteiger partial charge in [0.25, 0.3) is 0 Å². The summed E-state index contributed by atoms with van der Waals surface area (Å²) in [5.74, 6) is -0.597. The van der Waals surface area contributed by atoms with Crippen LogP contribution in [0.5, 0.6) is 11.5 Å². The number of rotatable bonds is 8. The van der Waals surface area contributed by atoms with Gasteiger partial charge in [-0.2, -0.15) is 0 Å². The Morgan fingerprint density at radius 1 is 1.13 bits per heavy atom. The summed E-state index contributed by atoms with van der Waals surface area (Å²) in [6.07, 6.45) is 4.82. The monoisotopic (exact) mass is 590 g/mol. The molecule has 0 spiro atoms. The van der Waals surface area contributed by atoms with E-state index in [1.165, 1.54) is 12.4 Å². The van der Waals surface area contributed by atoms with Crippen LogP contribution in [0.1, 0.15) is 12.8 Å². The molecule has 0 radical (unpaired) electrons. The van der Waals surface area contributed by atoms with Crippen molar-refractivity contribution >= 4 is 50.3 Å². The molecule has 0 atom stereocenters. The molecule has 1 aliphatic heterocycles. The quantitative estimate of drug-likeness (QED) is 0.316. The molecular weight excluding hydrogens is 563 g/mol. The van der Waals surface area contributed by atoms with E-state index < -0.39 is 11.9 Å². The number of hydrogen-bond acceptors (Lipinski definition) is 8. The Morgan fingerprint density at radius 3 is 2.42 bits per heavy atom. The number of methoxy groups -OCH3 is 1. The number of anilines is 2. The Kier molecular flexibility index (Phi) is 10.4. The molecule has 3 N–H and O–H groups in total. The number of hydrogen-bond donors (Lipinski definition) is 3. The number of halogens is 2. The number of carbonyl (C=O) groups is 2. The lowest BCUT2D eigenvalue weighted by molar-refractivity contribution is -0.134. The van der Waals surface area contributed by atoms with Gasteiger partial charge in [0.15, 0.2) is 11.5 Å². The lowest BCUT2D eigenvalue weighted by Crippen LogP contribution is -2.32. The van der Waals surface area contributed by atoms with E-state index in [2.05, 4.69) is 43.2 Å². The standard InChI is InChI=1S/C22H24BrFN4O2.C4H4O4/c1-28-7-5-14(6-8-28)12-30-21-11-19-16(10-20(21)29-2)22(26-13-25-19)27-18-4-3-15(23)9-17(18)24;5-3(6)1-2-4(7)8/h3-4,9-11,13-14H,5-8,12H2,1-2H3,(H,25,26,27);1-2H,(H,5,6)(H,7,8)/b;2-1+. The molecule has 1 saturated heterocycles. The second-order valence-electron chi connectivity index (χ2n) is 8.56. The number of ether oxygens (including phenoxy) is 2. The van der Waals surface area contributed by atoms with Gasteiger partial charge < -0.3 is 29.9 Å². The summed E-state index contributed by atoms with van der Waals surface area (Å²) in [5.41, 5.74) is 1.03. The van der Waals surface area contributed by atoms with E-state index in [1.54, 1.807) is 19.2 Å². The number of fused-ring (bicyclic) bond motifs is 1. The number of piperidine rings is 1. The summed E-state index contributed by atoms with van der Waals surface area (Å²) >= 11 is 3.27. The summed E-state index contributed by atoms with van der Waals surface area (Å²) in [4.78, 5) is 30.1. The van der Waals surface area contributed by atoms with Crippen LogP contribution in [0.2, 0.25) is 0 Å². The van der Waals surface area contributed by atoms with Crippen molar-refractivity contribution in [2.45, 2.75) is 12.8 Å². The Balaban J connectivity index is 0.000000436. The SMILES string of the molecule is COc1cc2c(Nc3ccc(Br)cc3F)ncnc2cc1OCC1CCN(C)CC1.O=C(O)/C=C/C(=O)O. The fourth-order valence-electron chi connectivity index (χ4n) is 3.73. The highest BCUT2D eigenvalue weighted by molar-refractivity contribution is 9.10. The molecule has 3 aromatic rings. The molecule has 2 heterocycles. The van der Waals surface area contributed by atoms with Crippen molar-refractivity contribution < 1.29 is 33.7 Å². The molecule has 0 unspecified atom stereocenters. The molecule has 0 saturated carbocycles. The smallest absolute Gasteiger partial charge is 0.328 e. The first kappa shape index (κ1) is 28.8. The number of benzene rings is 2. The number of nitrogens with one attached hydrogen (secondary N) is 1. The molecule has 2 aromatic carbocycles. The number of nitrogens with zero attached hydrogens (tertiary/aromatic N) is 3. The number of aromatic nitrogens is 2. The fraction of sp³-hybridized carbons (Fsp3) is 0.308. The van der Waals surface area contributed by atoms with Gasteiger partial charge >= 0.3 is 11.9 Å². The molecule has 4 rings (SSSR count). The van der Waals surface area contributed by atoms with E-state index in [-0.39, 0.29) is 5.82 Å². The summed E-state index contributed by atoms with van der Waals surface area (Å²) in [6, 6.07) is 8.52. The Labute approximate surface area is 227 Å². The van der Waals surface area contributed by atoms with Crippen molar-refractivity contribution in [3.8, 4) is 11.5 Å². The maximum absolute atomic E-state index is 14.3. The molecular formula is C26H28BrFN4O6. The predicted octanol–water partition coefficient (Wildman–Crippen LogP) is 4.72. The minimum atomic E-state index is -1.26.